The zero-order valence-corrected chi connectivity index (χ0v) is 17.2. The van der Waals surface area contributed by atoms with Crippen LogP contribution in [-0.2, 0) is 21.8 Å². The van der Waals surface area contributed by atoms with Crippen LogP contribution in [0.4, 0.5) is 9.93 Å². The van der Waals surface area contributed by atoms with E-state index < -0.39 is 22.0 Å². The number of esters is 1. The van der Waals surface area contributed by atoms with Gasteiger partial charge in [-0.1, -0.05) is 17.4 Å². The fourth-order valence-corrected chi connectivity index (χ4v) is 4.68. The van der Waals surface area contributed by atoms with Gasteiger partial charge >= 0.3 is 12.0 Å². The van der Waals surface area contributed by atoms with Crippen molar-refractivity contribution >= 4 is 65.3 Å². The molecule has 3 rings (SSSR count). The average molecular weight is 473 g/mol. The van der Waals surface area contributed by atoms with Gasteiger partial charge in [-0.15, -0.1) is 0 Å². The monoisotopic (exact) mass is 472 g/mol. The van der Waals surface area contributed by atoms with Crippen LogP contribution in [0.1, 0.15) is 10.4 Å². The molecule has 142 valence electrons. The number of nitrogens with one attached hydrogen (secondary N) is 2. The van der Waals surface area contributed by atoms with E-state index in [9.17, 15) is 18.0 Å². The van der Waals surface area contributed by atoms with Gasteiger partial charge in [0.1, 0.15) is 4.90 Å². The Morgan fingerprint density at radius 1 is 1.33 bits per heavy atom. The highest BCUT2D eigenvalue weighted by molar-refractivity contribution is 9.11. The molecule has 2 amide bonds. The third-order valence-electron chi connectivity index (χ3n) is 3.59. The average Bonchev–Trinajstić information content (AvgIpc) is 3.17. The fourth-order valence-electron chi connectivity index (χ4n) is 2.42. The first-order valence-electron chi connectivity index (χ1n) is 7.34. The molecule has 0 radical (unpaired) electrons. The smallest absolute Gasteiger partial charge is 0.337 e. The molecule has 2 N–H and O–H groups in total. The van der Waals surface area contributed by atoms with Crippen molar-refractivity contribution in [1.29, 1.82) is 0 Å². The number of aryl methyl sites for hydroxylation is 1. The number of carbonyl (C=O) groups excluding carboxylic acids is 2. The summed E-state index contributed by atoms with van der Waals surface area (Å²) in [7, 11) is -1.26. The summed E-state index contributed by atoms with van der Waals surface area (Å²) < 4.78 is 34.1. The Morgan fingerprint density at radius 3 is 2.70 bits per heavy atom. The molecule has 0 spiro atoms. The lowest BCUT2D eigenvalue weighted by Gasteiger charge is -2.06. The largest absolute Gasteiger partial charge is 0.465 e. The molecule has 12 heteroatoms. The van der Waals surface area contributed by atoms with Crippen LogP contribution >= 0.6 is 27.3 Å². The van der Waals surface area contributed by atoms with Crippen LogP contribution in [-0.4, -0.2) is 37.1 Å². The molecule has 9 nitrogen and oxygen atoms in total. The minimum Gasteiger partial charge on any atom is -0.465 e. The summed E-state index contributed by atoms with van der Waals surface area (Å²) in [6.07, 6.45) is 2.85. The second-order valence-corrected chi connectivity index (χ2v) is 9.42. The Hall–Kier alpha value is -2.44. The highest BCUT2D eigenvalue weighted by atomic mass is 79.9. The van der Waals surface area contributed by atoms with E-state index in [0.717, 1.165) is 11.3 Å². The number of aromatic nitrogens is 2. The van der Waals surface area contributed by atoms with Gasteiger partial charge in [-0.3, -0.25) is 5.32 Å². The Labute approximate surface area is 166 Å². The van der Waals surface area contributed by atoms with Crippen molar-refractivity contribution in [2.45, 2.75) is 4.90 Å². The van der Waals surface area contributed by atoms with Gasteiger partial charge in [0.05, 0.1) is 28.2 Å². The van der Waals surface area contributed by atoms with E-state index in [0.29, 0.717) is 14.7 Å². The van der Waals surface area contributed by atoms with Gasteiger partial charge in [0, 0.05) is 18.6 Å². The van der Waals surface area contributed by atoms with E-state index in [4.69, 9.17) is 0 Å². The van der Waals surface area contributed by atoms with Crippen molar-refractivity contribution in [3.05, 3.63) is 39.9 Å². The standard InChI is InChI=1S/C15H13BrN4O5S2/c1-20-7-11(9-4-3-8(5-10(9)20)13(21)25-2)27(23,24)19-14(22)18-15-17-6-12(16)26-15/h3-7H,1-2H3,(H2,17,18,19,22). The summed E-state index contributed by atoms with van der Waals surface area (Å²) in [5.41, 5.74) is 0.790. The van der Waals surface area contributed by atoms with Crippen LogP contribution in [0, 0.1) is 0 Å². The van der Waals surface area contributed by atoms with E-state index in [1.165, 1.54) is 37.7 Å². The Morgan fingerprint density at radius 2 is 2.07 bits per heavy atom. The third kappa shape index (κ3) is 3.96. The predicted molar refractivity (Wildman–Crippen MR) is 103 cm³/mol. The Bertz CT molecular complexity index is 1150. The molecule has 3 aromatic rings. The lowest BCUT2D eigenvalue weighted by Crippen LogP contribution is -2.34. The van der Waals surface area contributed by atoms with Crippen molar-refractivity contribution in [1.82, 2.24) is 14.3 Å². The van der Waals surface area contributed by atoms with E-state index >= 15 is 0 Å². The topological polar surface area (TPSA) is 119 Å². The normalized spacial score (nSPS) is 11.4. The SMILES string of the molecule is COC(=O)c1ccc2c(S(=O)(=O)NC(=O)Nc3ncc(Br)s3)cn(C)c2c1. The molecular weight excluding hydrogens is 460 g/mol. The molecule has 2 heterocycles. The first-order valence-corrected chi connectivity index (χ1v) is 10.4. The summed E-state index contributed by atoms with van der Waals surface area (Å²) >= 11 is 4.34. The molecule has 0 aliphatic rings. The number of halogens is 1. The van der Waals surface area contributed by atoms with Crippen LogP contribution < -0.4 is 10.0 Å². The number of amides is 2. The number of thiazole rings is 1. The van der Waals surface area contributed by atoms with Crippen LogP contribution in [0.5, 0.6) is 0 Å². The van der Waals surface area contributed by atoms with Crippen LogP contribution in [0.2, 0.25) is 0 Å². The Balaban J connectivity index is 1.91. The maximum atomic E-state index is 12.6. The van der Waals surface area contributed by atoms with Crippen LogP contribution in [0.15, 0.2) is 39.3 Å². The number of anilines is 1. The van der Waals surface area contributed by atoms with Gasteiger partial charge in [0.2, 0.25) is 0 Å². The van der Waals surface area contributed by atoms with Crippen LogP contribution in [0.25, 0.3) is 10.9 Å². The lowest BCUT2D eigenvalue weighted by molar-refractivity contribution is 0.0601. The number of benzene rings is 1. The summed E-state index contributed by atoms with van der Waals surface area (Å²) in [6.45, 7) is 0. The van der Waals surface area contributed by atoms with Crippen LogP contribution in [0.3, 0.4) is 0 Å². The number of nitrogens with zero attached hydrogens (tertiary/aromatic N) is 2. The first kappa shape index (κ1) is 19.3. The highest BCUT2D eigenvalue weighted by Gasteiger charge is 2.24. The molecule has 0 saturated carbocycles. The Kier molecular flexibility index (Phi) is 5.22. The van der Waals surface area contributed by atoms with Gasteiger partial charge in [-0.2, -0.15) is 0 Å². The van der Waals surface area contributed by atoms with Gasteiger partial charge in [-0.25, -0.2) is 27.7 Å². The number of urea groups is 1. The minimum atomic E-state index is -4.15. The molecule has 0 aliphatic carbocycles. The number of sulfonamides is 1. The summed E-state index contributed by atoms with van der Waals surface area (Å²) in [5, 5.41) is 2.96. The quantitative estimate of drug-likeness (QED) is 0.563. The van der Waals surface area contributed by atoms with Gasteiger partial charge in [0.15, 0.2) is 5.13 Å². The van der Waals surface area contributed by atoms with Crippen molar-refractivity contribution in [2.24, 2.45) is 7.05 Å². The number of methoxy groups -OCH3 is 1. The number of hydrogen-bond acceptors (Lipinski definition) is 7. The van der Waals surface area contributed by atoms with Crippen molar-refractivity contribution in [2.75, 3.05) is 12.4 Å². The molecule has 0 unspecified atom stereocenters. The highest BCUT2D eigenvalue weighted by Crippen LogP contribution is 2.26. The molecule has 0 atom stereocenters. The summed E-state index contributed by atoms with van der Waals surface area (Å²) in [6, 6.07) is 3.54. The molecule has 2 aromatic heterocycles. The number of fused-ring (bicyclic) bond motifs is 1. The van der Waals surface area contributed by atoms with Gasteiger partial charge in [-0.05, 0) is 28.1 Å². The molecule has 27 heavy (non-hydrogen) atoms. The number of ether oxygens (including phenoxy) is 1. The predicted octanol–water partition coefficient (Wildman–Crippen LogP) is 2.69. The lowest BCUT2D eigenvalue weighted by atomic mass is 10.1. The zero-order valence-electron chi connectivity index (χ0n) is 14.0. The van der Waals surface area contributed by atoms with Gasteiger partial charge in [0.25, 0.3) is 10.0 Å². The summed E-state index contributed by atoms with van der Waals surface area (Å²) in [4.78, 5) is 27.5. The summed E-state index contributed by atoms with van der Waals surface area (Å²) in [5.74, 6) is -0.533. The van der Waals surface area contributed by atoms with E-state index in [1.807, 2.05) is 4.72 Å². The molecule has 0 saturated heterocycles. The number of rotatable bonds is 4. The van der Waals surface area contributed by atoms with Crippen molar-refractivity contribution in [3.8, 4) is 0 Å². The van der Waals surface area contributed by atoms with E-state index in [1.54, 1.807) is 11.6 Å². The van der Waals surface area contributed by atoms with Crippen molar-refractivity contribution in [3.63, 3.8) is 0 Å². The molecule has 0 bridgehead atoms. The van der Waals surface area contributed by atoms with Gasteiger partial charge < -0.3 is 9.30 Å². The molecule has 0 fully saturated rings. The second-order valence-electron chi connectivity index (χ2n) is 5.36. The van der Waals surface area contributed by atoms with Crippen molar-refractivity contribution < 1.29 is 22.7 Å². The van der Waals surface area contributed by atoms with E-state index in [-0.39, 0.29) is 15.6 Å². The number of hydrogen-bond donors (Lipinski definition) is 2. The molecule has 0 aliphatic heterocycles. The second kappa shape index (κ2) is 7.29. The zero-order chi connectivity index (χ0) is 19.8. The van der Waals surface area contributed by atoms with E-state index in [2.05, 4.69) is 31.0 Å². The molecular formula is C15H13BrN4O5S2. The maximum absolute atomic E-state index is 12.6. The first-order chi connectivity index (χ1) is 12.7. The third-order valence-corrected chi connectivity index (χ3v) is 6.34. The fraction of sp³-hybridized carbons (Fsp3) is 0.133. The maximum Gasteiger partial charge on any atom is 0.337 e. The molecule has 1 aromatic carbocycles. The number of carbonyl (C=O) groups is 2. The minimum absolute atomic E-state index is 0.0908.